The zero-order valence-electron chi connectivity index (χ0n) is 15.7. The second-order valence-electron chi connectivity index (χ2n) is 6.91. The van der Waals surface area contributed by atoms with Crippen LogP contribution in [-0.2, 0) is 16.0 Å². The number of aliphatic hydroxyl groups excluding tert-OH is 1. The predicted octanol–water partition coefficient (Wildman–Crippen LogP) is 3.34. The molecule has 0 spiro atoms. The van der Waals surface area contributed by atoms with Crippen molar-refractivity contribution in [3.05, 3.63) is 60.2 Å². The summed E-state index contributed by atoms with van der Waals surface area (Å²) in [5.74, 6) is -0.655. The van der Waals surface area contributed by atoms with Gasteiger partial charge in [-0.2, -0.15) is 0 Å². The molecule has 5 heteroatoms. The van der Waals surface area contributed by atoms with Crippen LogP contribution in [0, 0.1) is 0 Å². The van der Waals surface area contributed by atoms with Crippen LogP contribution in [0.1, 0.15) is 44.1 Å². The molecule has 0 saturated carbocycles. The van der Waals surface area contributed by atoms with Crippen LogP contribution in [0.5, 0.6) is 0 Å². The van der Waals surface area contributed by atoms with Gasteiger partial charge in [0.05, 0.1) is 12.1 Å². The van der Waals surface area contributed by atoms with Crippen molar-refractivity contribution in [1.82, 2.24) is 4.90 Å². The number of allylic oxidation sites excluding steroid dienone is 1. The zero-order chi connectivity index (χ0) is 19.5. The summed E-state index contributed by atoms with van der Waals surface area (Å²) in [5, 5.41) is 18.9. The second kappa shape index (κ2) is 11.3. The van der Waals surface area contributed by atoms with Crippen molar-refractivity contribution in [3.8, 4) is 0 Å². The lowest BCUT2D eigenvalue weighted by Gasteiger charge is -2.33. The van der Waals surface area contributed by atoms with Crippen molar-refractivity contribution >= 4 is 11.9 Å². The summed E-state index contributed by atoms with van der Waals surface area (Å²) in [6.07, 6.45) is 11.4. The number of rotatable bonds is 10. The third kappa shape index (κ3) is 7.79. The maximum absolute atomic E-state index is 12.3. The van der Waals surface area contributed by atoms with Gasteiger partial charge in [0, 0.05) is 25.8 Å². The van der Waals surface area contributed by atoms with Gasteiger partial charge in [-0.1, -0.05) is 54.6 Å². The lowest BCUT2D eigenvalue weighted by atomic mass is 9.99. The number of piperidine rings is 1. The number of nitrogens with zero attached hydrogens (tertiary/aromatic N) is 1. The van der Waals surface area contributed by atoms with Crippen molar-refractivity contribution in [2.24, 2.45) is 0 Å². The molecule has 0 bridgehead atoms. The van der Waals surface area contributed by atoms with Crippen LogP contribution < -0.4 is 0 Å². The number of hydrogen-bond acceptors (Lipinski definition) is 3. The molecule has 1 amide bonds. The number of unbranched alkanes of at least 4 members (excludes halogenated alkanes) is 1. The van der Waals surface area contributed by atoms with E-state index < -0.39 is 12.1 Å². The van der Waals surface area contributed by atoms with Gasteiger partial charge in [-0.15, -0.1) is 0 Å². The van der Waals surface area contributed by atoms with Gasteiger partial charge in [0.1, 0.15) is 0 Å². The maximum atomic E-state index is 12.3. The van der Waals surface area contributed by atoms with Gasteiger partial charge in [0.25, 0.3) is 0 Å². The molecule has 0 radical (unpaired) electrons. The largest absolute Gasteiger partial charge is 0.481 e. The topological polar surface area (TPSA) is 77.8 Å². The lowest BCUT2D eigenvalue weighted by molar-refractivity contribution is -0.137. The van der Waals surface area contributed by atoms with Gasteiger partial charge in [0.15, 0.2) is 0 Å². The third-order valence-electron chi connectivity index (χ3n) is 4.68. The molecule has 1 aliphatic heterocycles. The van der Waals surface area contributed by atoms with Crippen LogP contribution in [0.2, 0.25) is 0 Å². The van der Waals surface area contributed by atoms with Crippen molar-refractivity contribution in [2.45, 2.75) is 57.1 Å². The van der Waals surface area contributed by atoms with E-state index in [4.69, 9.17) is 5.11 Å². The molecule has 1 aliphatic rings. The predicted molar refractivity (Wildman–Crippen MR) is 105 cm³/mol. The number of likely N-dealkylation sites (tertiary alicyclic amines) is 1. The number of aliphatic carboxylic acids is 1. The highest BCUT2D eigenvalue weighted by atomic mass is 16.4. The van der Waals surface area contributed by atoms with Gasteiger partial charge in [-0.3, -0.25) is 9.59 Å². The molecule has 1 heterocycles. The van der Waals surface area contributed by atoms with Crippen LogP contribution in [-0.4, -0.2) is 45.7 Å². The smallest absolute Gasteiger partial charge is 0.303 e. The Hall–Kier alpha value is -2.40. The molecular weight excluding hydrogens is 342 g/mol. The molecule has 1 aromatic carbocycles. The fourth-order valence-corrected chi connectivity index (χ4v) is 3.24. The summed E-state index contributed by atoms with van der Waals surface area (Å²) in [6, 6.07) is 9.84. The summed E-state index contributed by atoms with van der Waals surface area (Å²) in [6.45, 7) is 0.524. The zero-order valence-corrected chi connectivity index (χ0v) is 15.7. The fraction of sp³-hybridized carbons (Fsp3) is 0.455. The number of carboxylic acids is 1. The summed E-state index contributed by atoms with van der Waals surface area (Å²) in [5.41, 5.74) is 1.08. The van der Waals surface area contributed by atoms with E-state index >= 15 is 0 Å². The average Bonchev–Trinajstić information content (AvgIpc) is 2.65. The van der Waals surface area contributed by atoms with Crippen molar-refractivity contribution in [3.63, 3.8) is 0 Å². The molecule has 1 aromatic rings. The van der Waals surface area contributed by atoms with Gasteiger partial charge in [-0.05, 0) is 31.2 Å². The van der Waals surface area contributed by atoms with E-state index in [0.717, 1.165) is 18.4 Å². The first kappa shape index (κ1) is 20.9. The van der Waals surface area contributed by atoms with Gasteiger partial charge in [0.2, 0.25) is 5.91 Å². The maximum Gasteiger partial charge on any atom is 0.303 e. The molecule has 2 atom stereocenters. The Labute approximate surface area is 161 Å². The molecule has 0 aliphatic carbocycles. The fourth-order valence-electron chi connectivity index (χ4n) is 3.24. The first-order chi connectivity index (χ1) is 13.1. The van der Waals surface area contributed by atoms with Crippen molar-refractivity contribution < 1.29 is 19.8 Å². The number of hydrogen-bond donors (Lipinski definition) is 2. The number of carbonyl (C=O) groups is 2. The molecule has 1 fully saturated rings. The molecule has 1 saturated heterocycles. The molecule has 2 rings (SSSR count). The van der Waals surface area contributed by atoms with Crippen LogP contribution >= 0.6 is 0 Å². The van der Waals surface area contributed by atoms with E-state index in [0.29, 0.717) is 32.2 Å². The lowest BCUT2D eigenvalue weighted by Crippen LogP contribution is -2.42. The minimum atomic E-state index is -0.783. The van der Waals surface area contributed by atoms with Crippen LogP contribution in [0.25, 0.3) is 0 Å². The standard InChI is InChI=1S/C22H29NO4/c24-20(17-18-9-4-3-5-10-18)15-14-19-11-8-12-21(25)23(19)16-7-2-1-6-13-22(26)27/h2-5,7,9-10,14-15,19-20,24H,1,6,8,11-13,16-17H2,(H,26,27)/t19?,20-/m0/s1. The highest BCUT2D eigenvalue weighted by Crippen LogP contribution is 2.20. The average molecular weight is 371 g/mol. The Bertz CT molecular complexity index is 654. The monoisotopic (exact) mass is 371 g/mol. The van der Waals surface area contributed by atoms with E-state index in [9.17, 15) is 14.7 Å². The van der Waals surface area contributed by atoms with Crippen LogP contribution in [0.4, 0.5) is 0 Å². The summed E-state index contributed by atoms with van der Waals surface area (Å²) in [7, 11) is 0. The minimum absolute atomic E-state index is 0.000318. The molecule has 1 unspecified atom stereocenters. The summed E-state index contributed by atoms with van der Waals surface area (Å²) >= 11 is 0. The Morgan fingerprint density at radius 1 is 1.26 bits per heavy atom. The summed E-state index contributed by atoms with van der Waals surface area (Å²) < 4.78 is 0. The third-order valence-corrected chi connectivity index (χ3v) is 4.68. The SMILES string of the molecule is O=C(O)CCCC=CCN1C(=O)CCCC1C=C[C@H](O)Cc1ccccc1. The number of benzene rings is 1. The Balaban J connectivity index is 1.85. The van der Waals surface area contributed by atoms with Crippen LogP contribution in [0.15, 0.2) is 54.6 Å². The Kier molecular flexibility index (Phi) is 8.78. The Morgan fingerprint density at radius 3 is 2.78 bits per heavy atom. The highest BCUT2D eigenvalue weighted by Gasteiger charge is 2.25. The highest BCUT2D eigenvalue weighted by molar-refractivity contribution is 5.77. The van der Waals surface area contributed by atoms with E-state index in [1.807, 2.05) is 53.5 Å². The van der Waals surface area contributed by atoms with Crippen molar-refractivity contribution in [1.29, 1.82) is 0 Å². The molecular formula is C22H29NO4. The van der Waals surface area contributed by atoms with Crippen LogP contribution in [0.3, 0.4) is 0 Å². The van der Waals surface area contributed by atoms with E-state index in [1.165, 1.54) is 0 Å². The number of carboxylic acid groups (broad SMARTS) is 1. The molecule has 5 nitrogen and oxygen atoms in total. The van der Waals surface area contributed by atoms with Crippen molar-refractivity contribution in [2.75, 3.05) is 6.54 Å². The number of carbonyl (C=O) groups excluding carboxylic acids is 1. The van der Waals surface area contributed by atoms with E-state index in [2.05, 4.69) is 0 Å². The van der Waals surface area contributed by atoms with E-state index in [-0.39, 0.29) is 18.4 Å². The normalized spacial score (nSPS) is 19.1. The Morgan fingerprint density at radius 2 is 2.04 bits per heavy atom. The molecule has 27 heavy (non-hydrogen) atoms. The number of aliphatic hydroxyl groups is 1. The second-order valence-corrected chi connectivity index (χ2v) is 6.91. The number of amides is 1. The first-order valence-corrected chi connectivity index (χ1v) is 9.63. The van der Waals surface area contributed by atoms with E-state index in [1.54, 1.807) is 6.08 Å². The summed E-state index contributed by atoms with van der Waals surface area (Å²) in [4.78, 5) is 24.6. The quantitative estimate of drug-likeness (QED) is 0.488. The minimum Gasteiger partial charge on any atom is -0.481 e. The van der Waals surface area contributed by atoms with Gasteiger partial charge < -0.3 is 15.1 Å². The molecule has 2 N–H and O–H groups in total. The molecule has 0 aromatic heterocycles. The van der Waals surface area contributed by atoms with Gasteiger partial charge in [-0.25, -0.2) is 0 Å². The van der Waals surface area contributed by atoms with Gasteiger partial charge >= 0.3 is 5.97 Å². The first-order valence-electron chi connectivity index (χ1n) is 9.63. The molecule has 146 valence electrons.